The number of rotatable bonds is 5. The fourth-order valence-electron chi connectivity index (χ4n) is 1.74. The molecule has 0 aliphatic heterocycles. The van der Waals surface area contributed by atoms with Gasteiger partial charge in [0.05, 0.1) is 0 Å². The molecule has 0 fully saturated rings. The molecule has 5 heteroatoms. The van der Waals surface area contributed by atoms with Crippen LogP contribution < -0.4 is 5.32 Å². The van der Waals surface area contributed by atoms with Crippen LogP contribution in [0.3, 0.4) is 0 Å². The van der Waals surface area contributed by atoms with E-state index in [1.165, 1.54) is 16.0 Å². The van der Waals surface area contributed by atoms with E-state index in [0.717, 1.165) is 10.8 Å². The van der Waals surface area contributed by atoms with Crippen molar-refractivity contribution in [3.8, 4) is 0 Å². The van der Waals surface area contributed by atoms with Crippen LogP contribution in [-0.2, 0) is 11.3 Å². The molecule has 0 aliphatic carbocycles. The van der Waals surface area contributed by atoms with Gasteiger partial charge in [-0.15, -0.1) is 0 Å². The molecule has 0 saturated heterocycles. The van der Waals surface area contributed by atoms with Crippen molar-refractivity contribution >= 4 is 17.6 Å². The zero-order valence-corrected chi connectivity index (χ0v) is 13.0. The fraction of sp³-hybridized carbons (Fsp3) is 0.333. The fourth-order valence-corrected chi connectivity index (χ4v) is 2.68. The number of methoxy groups -OCH3 is 1. The molecule has 1 N–H and O–H groups in total. The van der Waals surface area contributed by atoms with E-state index in [-0.39, 0.29) is 0 Å². The van der Waals surface area contributed by atoms with E-state index >= 15 is 0 Å². The second-order valence-electron chi connectivity index (χ2n) is 4.54. The SMILES string of the molecule is CNc1cc(Sc2ccc(C)c(C)c2)nc(COC)n1. The number of aromatic nitrogens is 2. The van der Waals surface area contributed by atoms with Gasteiger partial charge in [-0.1, -0.05) is 17.8 Å². The first-order valence-electron chi connectivity index (χ1n) is 6.42. The molecule has 0 saturated carbocycles. The molecule has 0 aliphatic rings. The monoisotopic (exact) mass is 289 g/mol. The number of nitrogens with zero attached hydrogens (tertiary/aromatic N) is 2. The van der Waals surface area contributed by atoms with E-state index in [1.54, 1.807) is 18.9 Å². The number of ether oxygens (including phenoxy) is 1. The zero-order valence-electron chi connectivity index (χ0n) is 12.2. The third-order valence-corrected chi connectivity index (χ3v) is 3.89. The van der Waals surface area contributed by atoms with Crippen LogP contribution in [0.2, 0.25) is 0 Å². The summed E-state index contributed by atoms with van der Waals surface area (Å²) in [6.07, 6.45) is 0. The van der Waals surface area contributed by atoms with E-state index in [1.807, 2.05) is 13.1 Å². The van der Waals surface area contributed by atoms with Crippen molar-refractivity contribution < 1.29 is 4.74 Å². The van der Waals surface area contributed by atoms with Crippen molar-refractivity contribution in [2.75, 3.05) is 19.5 Å². The van der Waals surface area contributed by atoms with Crippen LogP contribution in [0.25, 0.3) is 0 Å². The Hall–Kier alpha value is -1.59. The summed E-state index contributed by atoms with van der Waals surface area (Å²) in [4.78, 5) is 10.0. The quantitative estimate of drug-likeness (QED) is 0.854. The first-order valence-corrected chi connectivity index (χ1v) is 7.24. The first kappa shape index (κ1) is 14.8. The van der Waals surface area contributed by atoms with Crippen molar-refractivity contribution in [1.29, 1.82) is 0 Å². The van der Waals surface area contributed by atoms with Gasteiger partial charge in [-0.2, -0.15) is 0 Å². The third-order valence-electron chi connectivity index (χ3n) is 2.98. The number of hydrogen-bond donors (Lipinski definition) is 1. The number of anilines is 1. The molecular formula is C15H19N3OS. The summed E-state index contributed by atoms with van der Waals surface area (Å²) in [6, 6.07) is 8.37. The summed E-state index contributed by atoms with van der Waals surface area (Å²) in [7, 11) is 3.49. The van der Waals surface area contributed by atoms with Gasteiger partial charge in [0.25, 0.3) is 0 Å². The lowest BCUT2D eigenvalue weighted by Crippen LogP contribution is -2.02. The highest BCUT2D eigenvalue weighted by molar-refractivity contribution is 7.99. The van der Waals surface area contributed by atoms with Gasteiger partial charge in [-0.05, 0) is 37.1 Å². The largest absolute Gasteiger partial charge is 0.377 e. The van der Waals surface area contributed by atoms with E-state index in [4.69, 9.17) is 4.74 Å². The third kappa shape index (κ3) is 3.71. The Bertz CT molecular complexity index is 602. The van der Waals surface area contributed by atoms with Gasteiger partial charge < -0.3 is 10.1 Å². The molecule has 106 valence electrons. The Kier molecular flexibility index (Phi) is 4.98. The van der Waals surface area contributed by atoms with E-state index in [2.05, 4.69) is 47.3 Å². The molecule has 2 aromatic rings. The van der Waals surface area contributed by atoms with Crippen LogP contribution in [0.4, 0.5) is 5.82 Å². The smallest absolute Gasteiger partial charge is 0.157 e. The molecule has 20 heavy (non-hydrogen) atoms. The Morgan fingerprint density at radius 3 is 2.60 bits per heavy atom. The molecule has 4 nitrogen and oxygen atoms in total. The number of hydrogen-bond acceptors (Lipinski definition) is 5. The minimum Gasteiger partial charge on any atom is -0.377 e. The number of aryl methyl sites for hydroxylation is 2. The minimum atomic E-state index is 0.413. The Labute approximate surface area is 124 Å². The predicted molar refractivity (Wildman–Crippen MR) is 82.3 cm³/mol. The number of nitrogens with one attached hydrogen (secondary N) is 1. The molecule has 0 bridgehead atoms. The average Bonchev–Trinajstić information content (AvgIpc) is 2.43. The highest BCUT2D eigenvalue weighted by Crippen LogP contribution is 2.28. The average molecular weight is 289 g/mol. The molecular weight excluding hydrogens is 270 g/mol. The normalized spacial score (nSPS) is 10.6. The maximum absolute atomic E-state index is 5.11. The second-order valence-corrected chi connectivity index (χ2v) is 5.63. The molecule has 1 heterocycles. The zero-order chi connectivity index (χ0) is 14.5. The van der Waals surface area contributed by atoms with Gasteiger partial charge >= 0.3 is 0 Å². The van der Waals surface area contributed by atoms with Crippen molar-refractivity contribution in [3.05, 3.63) is 41.2 Å². The molecule has 0 atom stereocenters. The maximum Gasteiger partial charge on any atom is 0.157 e. The molecule has 0 amide bonds. The van der Waals surface area contributed by atoms with Gasteiger partial charge in [0, 0.05) is 25.1 Å². The van der Waals surface area contributed by atoms with Gasteiger partial charge in [0.1, 0.15) is 17.5 Å². The van der Waals surface area contributed by atoms with E-state index in [9.17, 15) is 0 Å². The maximum atomic E-state index is 5.11. The standard InChI is InChI=1S/C15H19N3OS/c1-10-5-6-12(7-11(10)2)20-15-8-13(16-3)17-14(18-15)9-19-4/h5-8H,9H2,1-4H3,(H,16,17,18). The van der Waals surface area contributed by atoms with Gasteiger partial charge in [0.2, 0.25) is 0 Å². The summed E-state index contributed by atoms with van der Waals surface area (Å²) in [5.41, 5.74) is 2.59. The second kappa shape index (κ2) is 6.72. The lowest BCUT2D eigenvalue weighted by atomic mass is 10.1. The lowest BCUT2D eigenvalue weighted by Gasteiger charge is -2.08. The summed E-state index contributed by atoms with van der Waals surface area (Å²) < 4.78 is 5.11. The van der Waals surface area contributed by atoms with Gasteiger partial charge in [0.15, 0.2) is 5.82 Å². The van der Waals surface area contributed by atoms with Crippen LogP contribution in [0.15, 0.2) is 34.2 Å². The van der Waals surface area contributed by atoms with Crippen LogP contribution in [0.5, 0.6) is 0 Å². The highest BCUT2D eigenvalue weighted by Gasteiger charge is 2.06. The summed E-state index contributed by atoms with van der Waals surface area (Å²) in [6.45, 7) is 4.65. The molecule has 1 aromatic heterocycles. The first-order chi connectivity index (χ1) is 9.62. The van der Waals surface area contributed by atoms with Crippen molar-refractivity contribution in [2.45, 2.75) is 30.4 Å². The summed E-state index contributed by atoms with van der Waals surface area (Å²) >= 11 is 1.63. The molecule has 0 unspecified atom stereocenters. The van der Waals surface area contributed by atoms with E-state index < -0.39 is 0 Å². The van der Waals surface area contributed by atoms with Crippen molar-refractivity contribution in [3.63, 3.8) is 0 Å². The Morgan fingerprint density at radius 2 is 1.95 bits per heavy atom. The van der Waals surface area contributed by atoms with Crippen molar-refractivity contribution in [2.24, 2.45) is 0 Å². The molecule has 0 spiro atoms. The topological polar surface area (TPSA) is 47.0 Å². The minimum absolute atomic E-state index is 0.413. The highest BCUT2D eigenvalue weighted by atomic mass is 32.2. The Morgan fingerprint density at radius 1 is 1.15 bits per heavy atom. The van der Waals surface area contributed by atoms with Gasteiger partial charge in [-0.3, -0.25) is 0 Å². The van der Waals surface area contributed by atoms with Gasteiger partial charge in [-0.25, -0.2) is 9.97 Å². The van der Waals surface area contributed by atoms with Crippen LogP contribution in [-0.4, -0.2) is 24.1 Å². The summed E-state index contributed by atoms with van der Waals surface area (Å²) in [5.74, 6) is 1.49. The summed E-state index contributed by atoms with van der Waals surface area (Å²) in [5, 5.41) is 3.97. The lowest BCUT2D eigenvalue weighted by molar-refractivity contribution is 0.177. The van der Waals surface area contributed by atoms with Crippen LogP contribution in [0.1, 0.15) is 17.0 Å². The predicted octanol–water partition coefficient (Wildman–Crippen LogP) is 3.43. The van der Waals surface area contributed by atoms with Crippen LogP contribution >= 0.6 is 11.8 Å². The Balaban J connectivity index is 2.27. The number of benzene rings is 1. The molecule has 1 aromatic carbocycles. The van der Waals surface area contributed by atoms with Crippen LogP contribution in [0, 0.1) is 13.8 Å². The van der Waals surface area contributed by atoms with Crippen molar-refractivity contribution in [1.82, 2.24) is 9.97 Å². The molecule has 2 rings (SSSR count). The molecule has 0 radical (unpaired) electrons. The van der Waals surface area contributed by atoms with E-state index in [0.29, 0.717) is 12.4 Å².